The van der Waals surface area contributed by atoms with Crippen molar-refractivity contribution in [3.63, 3.8) is 0 Å². The first-order chi connectivity index (χ1) is 10.8. The fourth-order valence-corrected chi connectivity index (χ4v) is 3.35. The third-order valence-corrected chi connectivity index (χ3v) is 4.66. The van der Waals surface area contributed by atoms with Crippen molar-refractivity contribution in [1.29, 1.82) is 0 Å². The van der Waals surface area contributed by atoms with Gasteiger partial charge in [-0.05, 0) is 36.4 Å². The molecule has 0 aromatic heterocycles. The highest BCUT2D eigenvalue weighted by Crippen LogP contribution is 2.25. The molecule has 0 radical (unpaired) electrons. The van der Waals surface area contributed by atoms with Crippen molar-refractivity contribution in [1.82, 2.24) is 10.6 Å². The SMILES string of the molecule is CC(=O)NCCc1ccccc1CNCCC1CCCCC1. The van der Waals surface area contributed by atoms with E-state index in [2.05, 4.69) is 34.9 Å². The Kier molecular flexibility index (Phi) is 7.44. The van der Waals surface area contributed by atoms with Crippen LogP contribution in [0.3, 0.4) is 0 Å². The molecule has 1 aliphatic carbocycles. The smallest absolute Gasteiger partial charge is 0.216 e. The lowest BCUT2D eigenvalue weighted by atomic mass is 9.87. The van der Waals surface area contributed by atoms with E-state index in [4.69, 9.17) is 0 Å². The molecular weight excluding hydrogens is 272 g/mol. The highest BCUT2D eigenvalue weighted by molar-refractivity contribution is 5.72. The summed E-state index contributed by atoms with van der Waals surface area (Å²) in [6.45, 7) is 4.33. The fourth-order valence-electron chi connectivity index (χ4n) is 3.35. The molecule has 1 saturated carbocycles. The van der Waals surface area contributed by atoms with Crippen LogP contribution in [-0.4, -0.2) is 19.0 Å². The maximum Gasteiger partial charge on any atom is 0.216 e. The average molecular weight is 302 g/mol. The van der Waals surface area contributed by atoms with Crippen LogP contribution in [0.2, 0.25) is 0 Å². The van der Waals surface area contributed by atoms with Gasteiger partial charge in [-0.3, -0.25) is 4.79 Å². The first-order valence-electron chi connectivity index (χ1n) is 8.77. The summed E-state index contributed by atoms with van der Waals surface area (Å²) in [6.07, 6.45) is 9.36. The standard InChI is InChI=1S/C19H30N2O/c1-16(22)21-14-12-18-9-5-6-10-19(18)15-20-13-11-17-7-3-2-4-8-17/h5-6,9-10,17,20H,2-4,7-8,11-15H2,1H3,(H,21,22). The molecular formula is C19H30N2O. The van der Waals surface area contributed by atoms with Gasteiger partial charge in [-0.1, -0.05) is 56.4 Å². The molecule has 0 spiro atoms. The van der Waals surface area contributed by atoms with Crippen molar-refractivity contribution in [3.8, 4) is 0 Å². The quantitative estimate of drug-likeness (QED) is 0.722. The average Bonchev–Trinajstić information content (AvgIpc) is 2.53. The van der Waals surface area contributed by atoms with Gasteiger partial charge in [-0.25, -0.2) is 0 Å². The Labute approximate surface area is 134 Å². The molecule has 0 atom stereocenters. The number of rotatable bonds is 8. The van der Waals surface area contributed by atoms with E-state index < -0.39 is 0 Å². The van der Waals surface area contributed by atoms with E-state index in [9.17, 15) is 4.79 Å². The van der Waals surface area contributed by atoms with Gasteiger partial charge in [-0.2, -0.15) is 0 Å². The van der Waals surface area contributed by atoms with Crippen molar-refractivity contribution < 1.29 is 4.79 Å². The monoisotopic (exact) mass is 302 g/mol. The van der Waals surface area contributed by atoms with Crippen LogP contribution in [0.25, 0.3) is 0 Å². The van der Waals surface area contributed by atoms with E-state index in [1.165, 1.54) is 49.7 Å². The van der Waals surface area contributed by atoms with Crippen molar-refractivity contribution in [2.45, 2.75) is 58.4 Å². The van der Waals surface area contributed by atoms with Crippen molar-refractivity contribution in [2.75, 3.05) is 13.1 Å². The van der Waals surface area contributed by atoms with Crippen LogP contribution < -0.4 is 10.6 Å². The van der Waals surface area contributed by atoms with E-state index in [1.807, 2.05) is 0 Å². The Balaban J connectivity index is 1.70. The van der Waals surface area contributed by atoms with E-state index in [-0.39, 0.29) is 5.91 Å². The molecule has 3 nitrogen and oxygen atoms in total. The molecule has 22 heavy (non-hydrogen) atoms. The van der Waals surface area contributed by atoms with Crippen LogP contribution in [0.4, 0.5) is 0 Å². The first kappa shape index (κ1) is 17.0. The lowest BCUT2D eigenvalue weighted by Crippen LogP contribution is -2.23. The zero-order valence-electron chi connectivity index (χ0n) is 13.9. The van der Waals surface area contributed by atoms with Gasteiger partial charge in [0.2, 0.25) is 5.91 Å². The summed E-state index contributed by atoms with van der Waals surface area (Å²) in [5.74, 6) is 0.986. The first-order valence-corrected chi connectivity index (χ1v) is 8.77. The van der Waals surface area contributed by atoms with Gasteiger partial charge in [0.05, 0.1) is 0 Å². The second kappa shape index (κ2) is 9.62. The predicted octanol–water partition coefficient (Wildman–Crippen LogP) is 3.43. The summed E-state index contributed by atoms with van der Waals surface area (Å²) >= 11 is 0. The Hall–Kier alpha value is -1.35. The van der Waals surface area contributed by atoms with Gasteiger partial charge in [0.15, 0.2) is 0 Å². The minimum absolute atomic E-state index is 0.0445. The molecule has 1 fully saturated rings. The van der Waals surface area contributed by atoms with Crippen LogP contribution in [0, 0.1) is 5.92 Å². The highest BCUT2D eigenvalue weighted by Gasteiger charge is 2.12. The molecule has 0 heterocycles. The zero-order chi connectivity index (χ0) is 15.6. The van der Waals surface area contributed by atoms with E-state index in [0.717, 1.165) is 25.4 Å². The molecule has 0 aliphatic heterocycles. The molecule has 1 amide bonds. The van der Waals surface area contributed by atoms with Crippen molar-refractivity contribution in [3.05, 3.63) is 35.4 Å². The van der Waals surface area contributed by atoms with Gasteiger partial charge in [-0.15, -0.1) is 0 Å². The van der Waals surface area contributed by atoms with Crippen molar-refractivity contribution in [2.24, 2.45) is 5.92 Å². The van der Waals surface area contributed by atoms with Gasteiger partial charge in [0.25, 0.3) is 0 Å². The number of hydrogen-bond acceptors (Lipinski definition) is 2. The molecule has 2 rings (SSSR count). The summed E-state index contributed by atoms with van der Waals surface area (Å²) in [7, 11) is 0. The largest absolute Gasteiger partial charge is 0.356 e. The van der Waals surface area contributed by atoms with Crippen LogP contribution in [-0.2, 0) is 17.8 Å². The van der Waals surface area contributed by atoms with Crippen molar-refractivity contribution >= 4 is 5.91 Å². The summed E-state index contributed by atoms with van der Waals surface area (Å²) in [4.78, 5) is 11.0. The molecule has 0 unspecified atom stereocenters. The number of benzene rings is 1. The number of hydrogen-bond donors (Lipinski definition) is 2. The minimum atomic E-state index is 0.0445. The normalized spacial score (nSPS) is 15.7. The molecule has 0 saturated heterocycles. The predicted molar refractivity (Wildman–Crippen MR) is 91.7 cm³/mol. The maximum absolute atomic E-state index is 11.0. The summed E-state index contributed by atoms with van der Waals surface area (Å²) in [5, 5.41) is 6.47. The summed E-state index contributed by atoms with van der Waals surface area (Å²) in [6, 6.07) is 8.53. The minimum Gasteiger partial charge on any atom is -0.356 e. The Morgan fingerprint density at radius 2 is 1.82 bits per heavy atom. The highest BCUT2D eigenvalue weighted by atomic mass is 16.1. The van der Waals surface area contributed by atoms with Gasteiger partial charge < -0.3 is 10.6 Å². The Morgan fingerprint density at radius 1 is 1.09 bits per heavy atom. The number of amides is 1. The molecule has 2 N–H and O–H groups in total. The second-order valence-electron chi connectivity index (χ2n) is 6.47. The van der Waals surface area contributed by atoms with Crippen LogP contribution in [0.15, 0.2) is 24.3 Å². The number of carbonyl (C=O) groups is 1. The zero-order valence-corrected chi connectivity index (χ0v) is 13.9. The maximum atomic E-state index is 11.0. The molecule has 1 aliphatic rings. The number of nitrogens with one attached hydrogen (secondary N) is 2. The lowest BCUT2D eigenvalue weighted by Gasteiger charge is -2.21. The molecule has 1 aromatic rings. The molecule has 122 valence electrons. The number of carbonyl (C=O) groups excluding carboxylic acids is 1. The van der Waals surface area contributed by atoms with E-state index in [1.54, 1.807) is 6.92 Å². The second-order valence-corrected chi connectivity index (χ2v) is 6.47. The van der Waals surface area contributed by atoms with Gasteiger partial charge >= 0.3 is 0 Å². The van der Waals surface area contributed by atoms with Crippen LogP contribution in [0.1, 0.15) is 56.6 Å². The lowest BCUT2D eigenvalue weighted by molar-refractivity contribution is -0.118. The van der Waals surface area contributed by atoms with Gasteiger partial charge in [0.1, 0.15) is 0 Å². The fraction of sp³-hybridized carbons (Fsp3) is 0.632. The topological polar surface area (TPSA) is 41.1 Å². The van der Waals surface area contributed by atoms with Gasteiger partial charge in [0, 0.05) is 20.0 Å². The van der Waals surface area contributed by atoms with E-state index in [0.29, 0.717) is 6.54 Å². The van der Waals surface area contributed by atoms with Crippen LogP contribution in [0.5, 0.6) is 0 Å². The third kappa shape index (κ3) is 6.18. The molecule has 1 aromatic carbocycles. The van der Waals surface area contributed by atoms with Crippen LogP contribution >= 0.6 is 0 Å². The van der Waals surface area contributed by atoms with E-state index >= 15 is 0 Å². The third-order valence-electron chi connectivity index (χ3n) is 4.66. The molecule has 3 heteroatoms. The summed E-state index contributed by atoms with van der Waals surface area (Å²) < 4.78 is 0. The molecule has 0 bridgehead atoms. The Bertz CT molecular complexity index is 453. The summed E-state index contributed by atoms with van der Waals surface area (Å²) in [5.41, 5.74) is 2.69. The Morgan fingerprint density at radius 3 is 2.55 bits per heavy atom.